The third kappa shape index (κ3) is 9.03. The number of aliphatic hydroxyl groups is 1. The van der Waals surface area contributed by atoms with Crippen molar-refractivity contribution in [3.8, 4) is 11.1 Å². The molecule has 7 nitrogen and oxygen atoms in total. The normalized spacial score (nSPS) is 18.1. The number of carbonyl (C=O) groups excluding carboxylic acids is 1. The standard InChI is InChI=1S/C36H37NO6S/c38-23-25-15-17-27(18-16-25)33-21-31(24-44-32-11-2-1-3-12-32)42-36(43-33)30-10-5-9-29(20-30)28-8-4-7-26(19-28)22-37-34(39)13-6-14-35(40)41/h1-5,7-12,15-20,31,33,36,38H,6,13-14,21-24H2,(H,37,39)(H,40,41). The number of benzene rings is 4. The van der Waals surface area contributed by atoms with Crippen LogP contribution in [0.1, 0.15) is 60.3 Å². The van der Waals surface area contributed by atoms with E-state index < -0.39 is 12.3 Å². The molecule has 0 saturated carbocycles. The fourth-order valence-corrected chi connectivity index (χ4v) is 6.09. The summed E-state index contributed by atoms with van der Waals surface area (Å²) in [6, 6.07) is 34.4. The molecule has 1 fully saturated rings. The molecule has 1 amide bonds. The Morgan fingerprint density at radius 1 is 0.795 bits per heavy atom. The Labute approximate surface area is 262 Å². The second-order valence-corrected chi connectivity index (χ2v) is 11.9. The summed E-state index contributed by atoms with van der Waals surface area (Å²) in [5.41, 5.74) is 5.81. The minimum Gasteiger partial charge on any atom is -0.481 e. The first-order chi connectivity index (χ1) is 21.5. The predicted octanol–water partition coefficient (Wildman–Crippen LogP) is 7.05. The van der Waals surface area contributed by atoms with E-state index >= 15 is 0 Å². The molecule has 0 radical (unpaired) electrons. The van der Waals surface area contributed by atoms with Crippen LogP contribution in [-0.4, -0.2) is 33.9 Å². The van der Waals surface area contributed by atoms with Crippen LogP contribution in [-0.2, 0) is 32.2 Å². The number of nitrogens with one attached hydrogen (secondary N) is 1. The summed E-state index contributed by atoms with van der Waals surface area (Å²) in [4.78, 5) is 24.0. The van der Waals surface area contributed by atoms with E-state index in [1.165, 1.54) is 4.90 Å². The molecule has 3 atom stereocenters. The lowest BCUT2D eigenvalue weighted by atomic mass is 9.99. The van der Waals surface area contributed by atoms with Gasteiger partial charge in [0.05, 0.1) is 18.8 Å². The van der Waals surface area contributed by atoms with Crippen molar-refractivity contribution in [1.29, 1.82) is 0 Å². The van der Waals surface area contributed by atoms with Gasteiger partial charge in [0.15, 0.2) is 6.29 Å². The first-order valence-electron chi connectivity index (χ1n) is 14.8. The zero-order valence-electron chi connectivity index (χ0n) is 24.4. The van der Waals surface area contributed by atoms with Crippen LogP contribution in [0.3, 0.4) is 0 Å². The number of aliphatic hydroxyl groups excluding tert-OH is 1. The van der Waals surface area contributed by atoms with Gasteiger partial charge in [0, 0.05) is 42.0 Å². The Kier molecular flexibility index (Phi) is 11.2. The highest BCUT2D eigenvalue weighted by molar-refractivity contribution is 7.99. The van der Waals surface area contributed by atoms with Crippen LogP contribution in [0.4, 0.5) is 0 Å². The minimum atomic E-state index is -0.898. The summed E-state index contributed by atoms with van der Waals surface area (Å²) in [6.45, 7) is 0.368. The molecule has 1 saturated heterocycles. The van der Waals surface area contributed by atoms with Gasteiger partial charge in [-0.2, -0.15) is 0 Å². The molecule has 4 aromatic carbocycles. The zero-order valence-corrected chi connectivity index (χ0v) is 25.2. The third-order valence-electron chi connectivity index (χ3n) is 7.50. The van der Waals surface area contributed by atoms with Crippen LogP contribution < -0.4 is 5.32 Å². The van der Waals surface area contributed by atoms with Crippen molar-refractivity contribution in [2.75, 3.05) is 5.75 Å². The number of hydrogen-bond acceptors (Lipinski definition) is 6. The third-order valence-corrected chi connectivity index (χ3v) is 8.64. The smallest absolute Gasteiger partial charge is 0.303 e. The lowest BCUT2D eigenvalue weighted by molar-refractivity contribution is -0.245. The maximum Gasteiger partial charge on any atom is 0.303 e. The Bertz CT molecular complexity index is 1530. The number of carboxylic acids is 1. The van der Waals surface area contributed by atoms with Gasteiger partial charge in [-0.25, -0.2) is 0 Å². The average molecular weight is 612 g/mol. The number of hydrogen-bond donors (Lipinski definition) is 3. The lowest BCUT2D eigenvalue weighted by Gasteiger charge is -2.36. The fraction of sp³-hybridized carbons (Fsp3) is 0.278. The molecular formula is C36H37NO6S. The molecular weight excluding hydrogens is 574 g/mol. The number of aliphatic carboxylic acids is 1. The van der Waals surface area contributed by atoms with Crippen LogP contribution in [0.15, 0.2) is 108 Å². The predicted molar refractivity (Wildman–Crippen MR) is 171 cm³/mol. The van der Waals surface area contributed by atoms with Crippen molar-refractivity contribution in [2.24, 2.45) is 0 Å². The summed E-state index contributed by atoms with van der Waals surface area (Å²) in [5.74, 6) is -0.268. The highest BCUT2D eigenvalue weighted by atomic mass is 32.2. The molecule has 1 aliphatic heterocycles. The topological polar surface area (TPSA) is 105 Å². The van der Waals surface area contributed by atoms with Gasteiger partial charge < -0.3 is 25.0 Å². The van der Waals surface area contributed by atoms with Gasteiger partial charge in [0.25, 0.3) is 0 Å². The molecule has 228 valence electrons. The van der Waals surface area contributed by atoms with Gasteiger partial charge in [-0.15, -0.1) is 11.8 Å². The number of thioether (sulfide) groups is 1. The molecule has 44 heavy (non-hydrogen) atoms. The Morgan fingerprint density at radius 3 is 2.30 bits per heavy atom. The van der Waals surface area contributed by atoms with Gasteiger partial charge in [-0.1, -0.05) is 78.9 Å². The van der Waals surface area contributed by atoms with Crippen molar-refractivity contribution in [2.45, 2.75) is 62.2 Å². The van der Waals surface area contributed by atoms with Crippen molar-refractivity contribution >= 4 is 23.6 Å². The average Bonchev–Trinajstić information content (AvgIpc) is 3.07. The molecule has 5 rings (SSSR count). The summed E-state index contributed by atoms with van der Waals surface area (Å²) in [5, 5.41) is 21.2. The molecule has 0 spiro atoms. The quantitative estimate of drug-likeness (QED) is 0.139. The monoisotopic (exact) mass is 611 g/mol. The zero-order chi connectivity index (χ0) is 30.7. The molecule has 1 heterocycles. The van der Waals surface area contributed by atoms with E-state index in [0.29, 0.717) is 13.0 Å². The minimum absolute atomic E-state index is 0.00103. The fourth-order valence-electron chi connectivity index (χ4n) is 5.14. The van der Waals surface area contributed by atoms with E-state index in [1.807, 2.05) is 84.9 Å². The second-order valence-electron chi connectivity index (χ2n) is 10.8. The Morgan fingerprint density at radius 2 is 1.55 bits per heavy atom. The summed E-state index contributed by atoms with van der Waals surface area (Å²) >= 11 is 1.77. The van der Waals surface area contributed by atoms with E-state index in [-0.39, 0.29) is 37.6 Å². The van der Waals surface area contributed by atoms with Gasteiger partial charge in [0.2, 0.25) is 5.91 Å². The molecule has 4 aromatic rings. The van der Waals surface area contributed by atoms with E-state index in [2.05, 4.69) is 23.5 Å². The molecule has 1 aliphatic rings. The van der Waals surface area contributed by atoms with Crippen molar-refractivity contribution in [3.05, 3.63) is 125 Å². The number of ether oxygens (including phenoxy) is 2. The van der Waals surface area contributed by atoms with E-state index in [1.54, 1.807) is 11.8 Å². The van der Waals surface area contributed by atoms with Crippen molar-refractivity contribution in [1.82, 2.24) is 5.32 Å². The maximum absolute atomic E-state index is 12.1. The maximum atomic E-state index is 12.1. The largest absolute Gasteiger partial charge is 0.481 e. The Balaban J connectivity index is 1.30. The van der Waals surface area contributed by atoms with Crippen LogP contribution in [0, 0.1) is 0 Å². The van der Waals surface area contributed by atoms with Gasteiger partial charge in [-0.3, -0.25) is 9.59 Å². The van der Waals surface area contributed by atoms with Crippen molar-refractivity contribution < 1.29 is 29.3 Å². The number of carboxylic acid groups (broad SMARTS) is 1. The summed E-state index contributed by atoms with van der Waals surface area (Å²) in [6.07, 6.45) is 0.463. The summed E-state index contributed by atoms with van der Waals surface area (Å²) in [7, 11) is 0. The van der Waals surface area contributed by atoms with Gasteiger partial charge in [-0.05, 0) is 58.5 Å². The molecule has 0 aliphatic carbocycles. The van der Waals surface area contributed by atoms with Gasteiger partial charge >= 0.3 is 5.97 Å². The van der Waals surface area contributed by atoms with E-state index in [9.17, 15) is 14.7 Å². The number of amides is 1. The highest BCUT2D eigenvalue weighted by Gasteiger charge is 2.32. The highest BCUT2D eigenvalue weighted by Crippen LogP contribution is 2.40. The van der Waals surface area contributed by atoms with E-state index in [0.717, 1.165) is 45.6 Å². The molecule has 0 bridgehead atoms. The van der Waals surface area contributed by atoms with Crippen LogP contribution in [0.5, 0.6) is 0 Å². The van der Waals surface area contributed by atoms with Crippen molar-refractivity contribution in [3.63, 3.8) is 0 Å². The molecule has 3 unspecified atom stereocenters. The molecule has 3 N–H and O–H groups in total. The second kappa shape index (κ2) is 15.7. The van der Waals surface area contributed by atoms with Gasteiger partial charge in [0.1, 0.15) is 0 Å². The SMILES string of the molecule is O=C(O)CCCC(=O)NCc1cccc(-c2cccc(C3OC(CSc4ccccc4)CC(c4ccc(CO)cc4)O3)c2)c1. The number of rotatable bonds is 13. The first kappa shape index (κ1) is 31.5. The van der Waals surface area contributed by atoms with Crippen LogP contribution in [0.25, 0.3) is 11.1 Å². The Hall–Kier alpha value is -3.95. The van der Waals surface area contributed by atoms with Crippen LogP contribution >= 0.6 is 11.8 Å². The molecule has 8 heteroatoms. The lowest BCUT2D eigenvalue weighted by Crippen LogP contribution is -2.31. The van der Waals surface area contributed by atoms with E-state index in [4.69, 9.17) is 14.6 Å². The van der Waals surface area contributed by atoms with Crippen LogP contribution in [0.2, 0.25) is 0 Å². The number of carbonyl (C=O) groups is 2. The summed E-state index contributed by atoms with van der Waals surface area (Å²) < 4.78 is 13.1. The first-order valence-corrected chi connectivity index (χ1v) is 15.8. The molecule has 0 aromatic heterocycles.